The number of hydrogen-bond acceptors (Lipinski definition) is 2. The highest BCUT2D eigenvalue weighted by atomic mass is 16.1. The zero-order chi connectivity index (χ0) is 9.97. The molecule has 14 heavy (non-hydrogen) atoms. The summed E-state index contributed by atoms with van der Waals surface area (Å²) >= 11 is 0. The summed E-state index contributed by atoms with van der Waals surface area (Å²) in [7, 11) is 0. The Morgan fingerprint density at radius 2 is 2.07 bits per heavy atom. The minimum Gasteiger partial charge on any atom is -0.353 e. The number of amides is 1. The maximum absolute atomic E-state index is 11.5. The first-order valence-electron chi connectivity index (χ1n) is 5.83. The molecule has 1 aliphatic heterocycles. The third-order valence-electron chi connectivity index (χ3n) is 3.43. The minimum absolute atomic E-state index is 0.262. The Bertz CT molecular complexity index is 207. The van der Waals surface area contributed by atoms with Gasteiger partial charge in [-0.15, -0.1) is 0 Å². The molecule has 2 fully saturated rings. The molecule has 2 atom stereocenters. The van der Waals surface area contributed by atoms with Gasteiger partial charge in [-0.25, -0.2) is 0 Å². The van der Waals surface area contributed by atoms with E-state index in [1.165, 1.54) is 12.8 Å². The number of piperidine rings is 1. The molecule has 0 radical (unpaired) electrons. The first kappa shape index (κ1) is 9.97. The minimum atomic E-state index is 0.262. The average Bonchev–Trinajstić information content (AvgIpc) is 2.64. The fraction of sp³-hybridized carbons (Fsp3) is 0.909. The van der Waals surface area contributed by atoms with Crippen molar-refractivity contribution >= 4 is 5.91 Å². The van der Waals surface area contributed by atoms with Crippen molar-refractivity contribution in [1.29, 1.82) is 0 Å². The second-order valence-corrected chi connectivity index (χ2v) is 4.54. The van der Waals surface area contributed by atoms with Crippen LogP contribution >= 0.6 is 0 Å². The number of carbonyl (C=O) groups is 1. The topological polar surface area (TPSA) is 41.1 Å². The summed E-state index contributed by atoms with van der Waals surface area (Å²) in [6.07, 6.45) is 4.12. The second-order valence-electron chi connectivity index (χ2n) is 4.54. The van der Waals surface area contributed by atoms with Crippen molar-refractivity contribution in [3.8, 4) is 0 Å². The van der Waals surface area contributed by atoms with Crippen LogP contribution in [0.3, 0.4) is 0 Å². The quantitative estimate of drug-likeness (QED) is 0.641. The number of unbranched alkanes of at least 4 members (excludes halogenated alkanes) is 2. The molecule has 1 saturated heterocycles. The molecule has 0 bridgehead atoms. The lowest BCUT2D eigenvalue weighted by molar-refractivity contribution is -0.121. The first-order chi connectivity index (χ1) is 6.83. The van der Waals surface area contributed by atoms with E-state index in [9.17, 15) is 4.79 Å². The third-order valence-corrected chi connectivity index (χ3v) is 3.43. The molecule has 0 aromatic heterocycles. The number of hydrogen-bond donors (Lipinski definition) is 2. The fourth-order valence-corrected chi connectivity index (χ4v) is 2.43. The van der Waals surface area contributed by atoms with Crippen molar-refractivity contribution in [3.63, 3.8) is 0 Å². The Kier molecular flexibility index (Phi) is 3.06. The molecule has 1 heterocycles. The van der Waals surface area contributed by atoms with E-state index in [1.54, 1.807) is 0 Å². The molecule has 3 heteroatoms. The van der Waals surface area contributed by atoms with E-state index in [4.69, 9.17) is 0 Å². The molecule has 3 nitrogen and oxygen atoms in total. The first-order valence-corrected chi connectivity index (χ1v) is 5.83. The van der Waals surface area contributed by atoms with Crippen LogP contribution in [0.4, 0.5) is 0 Å². The maximum atomic E-state index is 11.5. The van der Waals surface area contributed by atoms with Crippen molar-refractivity contribution in [1.82, 2.24) is 10.6 Å². The van der Waals surface area contributed by atoms with Gasteiger partial charge in [-0.3, -0.25) is 4.79 Å². The molecule has 1 saturated carbocycles. The van der Waals surface area contributed by atoms with E-state index in [0.29, 0.717) is 6.04 Å². The number of nitrogens with one attached hydrogen (secondary N) is 2. The molecule has 80 valence electrons. The highest BCUT2D eigenvalue weighted by Gasteiger charge is 2.53. The van der Waals surface area contributed by atoms with Crippen LogP contribution in [0, 0.1) is 11.8 Å². The molecular formula is C11H20N2O. The highest BCUT2D eigenvalue weighted by Crippen LogP contribution is 2.41. The van der Waals surface area contributed by atoms with Gasteiger partial charge in [0.2, 0.25) is 5.91 Å². The largest absolute Gasteiger partial charge is 0.353 e. The van der Waals surface area contributed by atoms with Crippen LogP contribution in [0.5, 0.6) is 0 Å². The van der Waals surface area contributed by atoms with Gasteiger partial charge in [0, 0.05) is 25.6 Å². The van der Waals surface area contributed by atoms with E-state index in [2.05, 4.69) is 17.6 Å². The van der Waals surface area contributed by atoms with Crippen LogP contribution in [0.25, 0.3) is 0 Å². The molecule has 2 N–H and O–H groups in total. The van der Waals surface area contributed by atoms with Crippen molar-refractivity contribution in [3.05, 3.63) is 0 Å². The molecule has 2 unspecified atom stereocenters. The SMILES string of the molecule is CCCCCC(=O)NC1C2CNCC21. The van der Waals surface area contributed by atoms with Crippen molar-refractivity contribution in [2.45, 2.75) is 38.6 Å². The predicted octanol–water partition coefficient (Wildman–Crippen LogP) is 0.901. The third kappa shape index (κ3) is 2.08. The lowest BCUT2D eigenvalue weighted by Gasteiger charge is -2.07. The van der Waals surface area contributed by atoms with Crippen LogP contribution in [0.1, 0.15) is 32.6 Å². The summed E-state index contributed by atoms with van der Waals surface area (Å²) in [5, 5.41) is 6.46. The lowest BCUT2D eigenvalue weighted by Crippen LogP contribution is -2.32. The molecule has 2 rings (SSSR count). The summed E-state index contributed by atoms with van der Waals surface area (Å²) < 4.78 is 0. The zero-order valence-electron chi connectivity index (χ0n) is 8.88. The highest BCUT2D eigenvalue weighted by molar-refractivity contribution is 5.76. The van der Waals surface area contributed by atoms with Gasteiger partial charge >= 0.3 is 0 Å². The summed E-state index contributed by atoms with van der Waals surface area (Å²) in [6.45, 7) is 4.37. The van der Waals surface area contributed by atoms with Gasteiger partial charge in [-0.1, -0.05) is 19.8 Å². The standard InChI is InChI=1S/C11H20N2O/c1-2-3-4-5-10(14)13-11-8-6-12-7-9(8)11/h8-9,11-12H,2-7H2,1H3,(H,13,14). The normalized spacial score (nSPS) is 33.9. The molecule has 1 aliphatic carbocycles. The van der Waals surface area contributed by atoms with Gasteiger partial charge in [0.05, 0.1) is 0 Å². The molecule has 0 aromatic rings. The van der Waals surface area contributed by atoms with Gasteiger partial charge in [-0.2, -0.15) is 0 Å². The number of carbonyl (C=O) groups excluding carboxylic acids is 1. The van der Waals surface area contributed by atoms with E-state index in [0.717, 1.165) is 37.8 Å². The van der Waals surface area contributed by atoms with Gasteiger partial charge < -0.3 is 10.6 Å². The van der Waals surface area contributed by atoms with Crippen molar-refractivity contribution < 1.29 is 4.79 Å². The zero-order valence-corrected chi connectivity index (χ0v) is 8.88. The second kappa shape index (κ2) is 4.30. The number of rotatable bonds is 5. The molecular weight excluding hydrogens is 176 g/mol. The Balaban J connectivity index is 1.59. The summed E-state index contributed by atoms with van der Waals surface area (Å²) in [6, 6.07) is 0.505. The molecule has 0 spiro atoms. The van der Waals surface area contributed by atoms with Crippen molar-refractivity contribution in [2.24, 2.45) is 11.8 Å². The van der Waals surface area contributed by atoms with E-state index < -0.39 is 0 Å². The maximum Gasteiger partial charge on any atom is 0.220 e. The average molecular weight is 196 g/mol. The van der Waals surface area contributed by atoms with Gasteiger partial charge in [0.25, 0.3) is 0 Å². The van der Waals surface area contributed by atoms with E-state index >= 15 is 0 Å². The summed E-state index contributed by atoms with van der Waals surface area (Å²) in [4.78, 5) is 11.5. The molecule has 1 amide bonds. The molecule has 2 aliphatic rings. The van der Waals surface area contributed by atoms with Crippen LogP contribution in [0.15, 0.2) is 0 Å². The van der Waals surface area contributed by atoms with Crippen LogP contribution in [-0.4, -0.2) is 25.0 Å². The Hall–Kier alpha value is -0.570. The van der Waals surface area contributed by atoms with Crippen LogP contribution < -0.4 is 10.6 Å². The van der Waals surface area contributed by atoms with E-state index in [-0.39, 0.29) is 5.91 Å². The Morgan fingerprint density at radius 3 is 2.71 bits per heavy atom. The lowest BCUT2D eigenvalue weighted by atomic mass is 10.2. The monoisotopic (exact) mass is 196 g/mol. The Labute approximate surface area is 85.6 Å². The van der Waals surface area contributed by atoms with Gasteiger partial charge in [0.15, 0.2) is 0 Å². The predicted molar refractivity (Wildman–Crippen MR) is 55.9 cm³/mol. The van der Waals surface area contributed by atoms with Crippen LogP contribution in [0.2, 0.25) is 0 Å². The summed E-state index contributed by atoms with van der Waals surface area (Å²) in [5.74, 6) is 1.74. The van der Waals surface area contributed by atoms with Gasteiger partial charge in [-0.05, 0) is 18.3 Å². The molecule has 0 aromatic carbocycles. The van der Waals surface area contributed by atoms with Crippen LogP contribution in [-0.2, 0) is 4.79 Å². The van der Waals surface area contributed by atoms with Crippen molar-refractivity contribution in [2.75, 3.05) is 13.1 Å². The fourth-order valence-electron chi connectivity index (χ4n) is 2.43. The Morgan fingerprint density at radius 1 is 1.36 bits per heavy atom. The van der Waals surface area contributed by atoms with Gasteiger partial charge in [0.1, 0.15) is 0 Å². The summed E-state index contributed by atoms with van der Waals surface area (Å²) in [5.41, 5.74) is 0. The smallest absolute Gasteiger partial charge is 0.220 e. The van der Waals surface area contributed by atoms with E-state index in [1.807, 2.05) is 0 Å². The number of fused-ring (bicyclic) bond motifs is 1.